The number of nitrogens with two attached hydrogens (primary N) is 1. The molecule has 0 aromatic carbocycles. The molecule has 1 aliphatic heterocycles. The Hall–Kier alpha value is -2.49. The number of anilines is 1. The number of nitrogen functional groups attached to an aromatic ring is 1. The normalized spacial score (nSPS) is 26.9. The lowest BCUT2D eigenvalue weighted by molar-refractivity contribution is -0.744. The molecule has 1 fully saturated rings. The van der Waals surface area contributed by atoms with Crippen LogP contribution in [0, 0.1) is 0 Å². The molecule has 6 N–H and O–H groups in total. The van der Waals surface area contributed by atoms with Gasteiger partial charge in [0.05, 0.1) is 13.7 Å². The summed E-state index contributed by atoms with van der Waals surface area (Å²) in [5.74, 6) is -0.231. The van der Waals surface area contributed by atoms with Crippen molar-refractivity contribution in [2.45, 2.75) is 24.6 Å². The zero-order valence-electron chi connectivity index (χ0n) is 16.7. The quantitative estimate of drug-likeness (QED) is 0.185. The van der Waals surface area contributed by atoms with Crippen LogP contribution in [0.5, 0.6) is 0 Å². The van der Waals surface area contributed by atoms with Gasteiger partial charge in [-0.05, 0) is 0 Å². The van der Waals surface area contributed by atoms with E-state index in [1.807, 2.05) is 0 Å². The maximum atomic E-state index is 14.9. The number of aromatic nitrogens is 6. The average Bonchev–Trinajstić information content (AvgIpc) is 3.41. The number of rotatable bonds is 7. The minimum absolute atomic E-state index is 0.0297. The minimum Gasteiger partial charge on any atom is -0.387 e. The Morgan fingerprint density at radius 2 is 2.15 bits per heavy atom. The van der Waals surface area contributed by atoms with E-state index in [1.165, 1.54) is 17.9 Å². The van der Waals surface area contributed by atoms with E-state index >= 15 is 0 Å². The summed E-state index contributed by atoms with van der Waals surface area (Å²) in [5, 5.41) is 10.2. The number of nitrogens with one attached hydrogen (secondary N) is 1. The van der Waals surface area contributed by atoms with E-state index in [-0.39, 0.29) is 17.1 Å². The van der Waals surface area contributed by atoms with Gasteiger partial charge in [0.25, 0.3) is 11.5 Å². The molecule has 3 aromatic rings. The molecule has 1 saturated heterocycles. The first-order chi connectivity index (χ1) is 15.4. The van der Waals surface area contributed by atoms with Crippen molar-refractivity contribution < 1.29 is 46.6 Å². The number of phosphoric ester groups is 1. The van der Waals surface area contributed by atoms with Gasteiger partial charge >= 0.3 is 21.2 Å². The van der Waals surface area contributed by atoms with Crippen LogP contribution in [0.4, 0.5) is 10.3 Å². The number of alkyl halides is 1. The predicted molar refractivity (Wildman–Crippen MR) is 105 cm³/mol. The molecular formula is C14H19FN7O9P2+. The first kappa shape index (κ1) is 23.7. The average molecular weight is 510 g/mol. The smallest absolute Gasteiger partial charge is 0.387 e. The van der Waals surface area contributed by atoms with Crippen LogP contribution < -0.4 is 15.9 Å². The Balaban J connectivity index is 1.51. The molecule has 2 unspecified atom stereocenters. The Bertz CT molecular complexity index is 1330. The lowest BCUT2D eigenvalue weighted by Crippen LogP contribution is -2.44. The van der Waals surface area contributed by atoms with Gasteiger partial charge in [-0.25, -0.2) is 27.4 Å². The van der Waals surface area contributed by atoms with Crippen LogP contribution in [0.25, 0.3) is 11.2 Å². The van der Waals surface area contributed by atoms with Crippen molar-refractivity contribution in [1.29, 1.82) is 0 Å². The topological polar surface area (TPSA) is 221 Å². The molecule has 16 nitrogen and oxygen atoms in total. The van der Waals surface area contributed by atoms with Gasteiger partial charge in [0.2, 0.25) is 11.7 Å². The molecule has 19 heteroatoms. The molecule has 1 aliphatic rings. The number of nitrogens with zero attached hydrogens (tertiary/aromatic N) is 5. The Morgan fingerprint density at radius 1 is 1.42 bits per heavy atom. The van der Waals surface area contributed by atoms with E-state index in [1.54, 1.807) is 0 Å². The lowest BCUT2D eigenvalue weighted by atomic mass is 10.1. The van der Waals surface area contributed by atoms with Gasteiger partial charge in [-0.1, -0.05) is 4.98 Å². The molecule has 4 heterocycles. The number of halogens is 1. The van der Waals surface area contributed by atoms with Crippen LogP contribution in [0.3, 0.4) is 0 Å². The summed E-state index contributed by atoms with van der Waals surface area (Å²) in [7, 11) is -8.48. The van der Waals surface area contributed by atoms with E-state index in [2.05, 4.69) is 23.8 Å². The molecule has 0 spiro atoms. The second-order valence-electron chi connectivity index (χ2n) is 7.04. The molecule has 33 heavy (non-hydrogen) atoms. The number of H-pyrrole nitrogens is 1. The van der Waals surface area contributed by atoms with E-state index in [0.29, 0.717) is 4.34 Å². The number of fused-ring (bicyclic) bond motifs is 1. The Morgan fingerprint density at radius 3 is 2.82 bits per heavy atom. The maximum Gasteiger partial charge on any atom is 0.480 e. The second-order valence-corrected chi connectivity index (χ2v) is 10.3. The van der Waals surface area contributed by atoms with Crippen molar-refractivity contribution in [3.63, 3.8) is 0 Å². The fourth-order valence-electron chi connectivity index (χ4n) is 3.29. The van der Waals surface area contributed by atoms with Crippen molar-refractivity contribution in [1.82, 2.24) is 23.9 Å². The number of aliphatic hydroxyl groups is 1. The number of phosphoric acid groups is 1. The molecule has 180 valence electrons. The van der Waals surface area contributed by atoms with Crippen LogP contribution in [-0.4, -0.2) is 63.7 Å². The van der Waals surface area contributed by atoms with Crippen molar-refractivity contribution in [3.8, 4) is 0 Å². The van der Waals surface area contributed by atoms with Crippen molar-refractivity contribution in [2.24, 2.45) is 7.05 Å². The van der Waals surface area contributed by atoms with Crippen LogP contribution in [0.1, 0.15) is 6.23 Å². The molecule has 6 atom stereocenters. The fourth-order valence-corrected chi connectivity index (χ4v) is 5.64. The fraction of sp³-hybridized carbons (Fsp3) is 0.429. The van der Waals surface area contributed by atoms with Crippen molar-refractivity contribution >= 4 is 32.7 Å². The lowest BCUT2D eigenvalue weighted by Gasteiger charge is -2.19. The summed E-state index contributed by atoms with van der Waals surface area (Å²) >= 11 is 0. The van der Waals surface area contributed by atoms with Gasteiger partial charge in [0, 0.05) is 12.4 Å². The predicted octanol–water partition coefficient (Wildman–Crippen LogP) is -1.29. The number of hydrogen-bond donors (Lipinski definition) is 5. The van der Waals surface area contributed by atoms with Gasteiger partial charge in [0.15, 0.2) is 12.5 Å². The summed E-state index contributed by atoms with van der Waals surface area (Å²) in [4.78, 5) is 41.5. The summed E-state index contributed by atoms with van der Waals surface area (Å²) in [6, 6.07) is 0. The minimum atomic E-state index is -5.15. The molecule has 0 saturated carbocycles. The zero-order chi connectivity index (χ0) is 24.1. The third kappa shape index (κ3) is 4.49. The molecule has 0 radical (unpaired) electrons. The largest absolute Gasteiger partial charge is 0.480 e. The first-order valence-corrected chi connectivity index (χ1v) is 12.2. The van der Waals surface area contributed by atoms with E-state index < -0.39 is 52.3 Å². The Labute approximate surface area is 183 Å². The first-order valence-electron chi connectivity index (χ1n) is 9.13. The summed E-state index contributed by atoms with van der Waals surface area (Å²) < 4.78 is 56.5. The van der Waals surface area contributed by atoms with Crippen LogP contribution in [0.15, 0.2) is 29.8 Å². The maximum absolute atomic E-state index is 14.9. The molecule has 3 aromatic heterocycles. The van der Waals surface area contributed by atoms with Crippen LogP contribution in [-0.2, 0) is 29.7 Å². The van der Waals surface area contributed by atoms with Gasteiger partial charge in [-0.2, -0.15) is 4.31 Å². The highest BCUT2D eigenvalue weighted by Crippen LogP contribution is 2.60. The van der Waals surface area contributed by atoms with Gasteiger partial charge < -0.3 is 25.4 Å². The standard InChI is InChI=1S/C14H18FN7O9P2/c1-20-6-22(11-9(20)12(24)19-14(16)18-11)13-8(15)10(23)7(30-13)4-29-33(27,28)31-32(25,26)21-3-2-17-5-21/h2-3,5-8,10,13,23H,4H2,1H3,(H4-,16,18,19,24,25,26,27,28)/p+1/t7-,8-,10-,13-/m1/s1. The van der Waals surface area contributed by atoms with Crippen LogP contribution in [0.2, 0.25) is 0 Å². The van der Waals surface area contributed by atoms with Crippen molar-refractivity contribution in [2.75, 3.05) is 12.3 Å². The van der Waals surface area contributed by atoms with Gasteiger partial charge in [-0.3, -0.25) is 18.9 Å². The monoisotopic (exact) mass is 510 g/mol. The number of aromatic amines is 1. The van der Waals surface area contributed by atoms with Crippen molar-refractivity contribution in [3.05, 3.63) is 35.4 Å². The highest BCUT2D eigenvalue weighted by molar-refractivity contribution is 7.63. The molecule has 4 rings (SSSR count). The third-order valence-electron chi connectivity index (χ3n) is 4.75. The van der Waals surface area contributed by atoms with Gasteiger partial charge in [0.1, 0.15) is 18.5 Å². The number of imidazole rings is 2. The van der Waals surface area contributed by atoms with Crippen LogP contribution >= 0.6 is 15.6 Å². The zero-order valence-corrected chi connectivity index (χ0v) is 18.5. The van der Waals surface area contributed by atoms with E-state index in [9.17, 15) is 33.2 Å². The molecule has 0 amide bonds. The number of ether oxygens (including phenoxy) is 1. The summed E-state index contributed by atoms with van der Waals surface area (Å²) in [5.41, 5.74) is 5.00. The number of aryl methyl sites for hydroxylation is 1. The summed E-state index contributed by atoms with van der Waals surface area (Å²) in [6.07, 6.45) is -2.53. The second kappa shape index (κ2) is 8.38. The highest BCUT2D eigenvalue weighted by Gasteiger charge is 2.49. The molecule has 0 aliphatic carbocycles. The third-order valence-corrected chi connectivity index (χ3v) is 7.72. The number of hydrogen-bond acceptors (Lipinski definition) is 10. The Kier molecular flexibility index (Phi) is 6.01. The molecule has 0 bridgehead atoms. The highest BCUT2D eigenvalue weighted by atomic mass is 31.3. The number of aliphatic hydroxyl groups excluding tert-OH is 1. The van der Waals surface area contributed by atoms with E-state index in [4.69, 9.17) is 10.5 Å². The SMILES string of the molecule is Cn1c[n+]([C@@H]2O[C@H](COP(=O)(O)OP(=O)(O)n3ccnc3)[C@@H](O)[C@H]2F)c2nc(N)[nH]c(=O)c21. The van der Waals surface area contributed by atoms with Gasteiger partial charge in [-0.15, -0.1) is 0 Å². The summed E-state index contributed by atoms with van der Waals surface area (Å²) in [6.45, 7) is -0.878. The van der Waals surface area contributed by atoms with E-state index in [0.717, 1.165) is 23.3 Å². The molecular weight excluding hydrogens is 491 g/mol.